The van der Waals surface area contributed by atoms with Crippen LogP contribution in [0.3, 0.4) is 0 Å². The highest BCUT2D eigenvalue weighted by atomic mass is 16.3. The molecule has 0 radical (unpaired) electrons. The lowest BCUT2D eigenvalue weighted by Gasteiger charge is -2.10. The average molecular weight is 234 g/mol. The van der Waals surface area contributed by atoms with Gasteiger partial charge < -0.3 is 16.2 Å². The predicted octanol–water partition coefficient (Wildman–Crippen LogP) is 0.111. The standard InChI is InChI=1S/C13H18N2O2/c14-12(8-16)13(17)15-7-9-4-5-10-2-1-3-11(10)6-9/h4-6,12,16H,1-3,7-8,14H2,(H,15,17). The molecule has 92 valence electrons. The molecule has 1 atom stereocenters. The number of hydrogen-bond donors (Lipinski definition) is 3. The van der Waals surface area contributed by atoms with E-state index in [0.29, 0.717) is 6.54 Å². The molecule has 17 heavy (non-hydrogen) atoms. The molecule has 1 unspecified atom stereocenters. The van der Waals surface area contributed by atoms with Crippen LogP contribution in [-0.2, 0) is 24.2 Å². The van der Waals surface area contributed by atoms with Crippen LogP contribution in [0.1, 0.15) is 23.1 Å². The van der Waals surface area contributed by atoms with E-state index < -0.39 is 6.04 Å². The first-order chi connectivity index (χ1) is 8.20. The fourth-order valence-electron chi connectivity index (χ4n) is 2.14. The Balaban J connectivity index is 1.93. The summed E-state index contributed by atoms with van der Waals surface area (Å²) in [6.07, 6.45) is 3.52. The van der Waals surface area contributed by atoms with E-state index in [2.05, 4.69) is 17.4 Å². The summed E-state index contributed by atoms with van der Waals surface area (Å²) in [4.78, 5) is 11.4. The SMILES string of the molecule is NC(CO)C(=O)NCc1ccc2c(c1)CCC2. The Kier molecular flexibility index (Phi) is 3.76. The van der Waals surface area contributed by atoms with Crippen molar-refractivity contribution >= 4 is 5.91 Å². The molecule has 1 aromatic carbocycles. The Morgan fingerprint density at radius 2 is 2.18 bits per heavy atom. The van der Waals surface area contributed by atoms with Crippen molar-refractivity contribution in [3.05, 3.63) is 34.9 Å². The number of aryl methyl sites for hydroxylation is 2. The molecule has 0 saturated heterocycles. The van der Waals surface area contributed by atoms with Crippen LogP contribution in [-0.4, -0.2) is 23.7 Å². The summed E-state index contributed by atoms with van der Waals surface area (Å²) in [5.41, 5.74) is 9.31. The first kappa shape index (κ1) is 12.1. The zero-order chi connectivity index (χ0) is 12.3. The summed E-state index contributed by atoms with van der Waals surface area (Å²) in [7, 11) is 0. The number of aliphatic hydroxyl groups excluding tert-OH is 1. The largest absolute Gasteiger partial charge is 0.394 e. The first-order valence-electron chi connectivity index (χ1n) is 5.95. The number of nitrogens with two attached hydrogens (primary N) is 1. The van der Waals surface area contributed by atoms with Crippen molar-refractivity contribution in [1.29, 1.82) is 0 Å². The van der Waals surface area contributed by atoms with Crippen molar-refractivity contribution in [2.24, 2.45) is 5.73 Å². The number of amides is 1. The molecule has 0 heterocycles. The lowest BCUT2D eigenvalue weighted by Crippen LogP contribution is -2.42. The zero-order valence-electron chi connectivity index (χ0n) is 9.78. The first-order valence-corrected chi connectivity index (χ1v) is 5.95. The van der Waals surface area contributed by atoms with Gasteiger partial charge in [-0.05, 0) is 36.0 Å². The number of aliphatic hydroxyl groups is 1. The van der Waals surface area contributed by atoms with Gasteiger partial charge in [0.25, 0.3) is 0 Å². The summed E-state index contributed by atoms with van der Waals surface area (Å²) in [6.45, 7) is 0.149. The molecule has 1 aromatic rings. The van der Waals surface area contributed by atoms with Crippen LogP contribution in [0.4, 0.5) is 0 Å². The monoisotopic (exact) mass is 234 g/mol. The van der Waals surface area contributed by atoms with Crippen LogP contribution in [0.25, 0.3) is 0 Å². The second-order valence-electron chi connectivity index (χ2n) is 4.46. The summed E-state index contributed by atoms with van der Waals surface area (Å²) >= 11 is 0. The second kappa shape index (κ2) is 5.29. The maximum absolute atomic E-state index is 11.4. The number of carbonyl (C=O) groups excluding carboxylic acids is 1. The number of fused-ring (bicyclic) bond motifs is 1. The maximum Gasteiger partial charge on any atom is 0.239 e. The van der Waals surface area contributed by atoms with Gasteiger partial charge in [-0.15, -0.1) is 0 Å². The van der Waals surface area contributed by atoms with Gasteiger partial charge in [-0.2, -0.15) is 0 Å². The van der Waals surface area contributed by atoms with E-state index in [1.165, 1.54) is 17.5 Å². The molecular weight excluding hydrogens is 216 g/mol. The van der Waals surface area contributed by atoms with Crippen LogP contribution in [0.15, 0.2) is 18.2 Å². The zero-order valence-corrected chi connectivity index (χ0v) is 9.78. The van der Waals surface area contributed by atoms with Gasteiger partial charge in [0.2, 0.25) is 5.91 Å². The van der Waals surface area contributed by atoms with Crippen molar-refractivity contribution in [2.45, 2.75) is 31.8 Å². The number of benzene rings is 1. The Labute approximate surface area is 101 Å². The molecule has 0 fully saturated rings. The van der Waals surface area contributed by atoms with Gasteiger partial charge in [0.05, 0.1) is 6.61 Å². The van der Waals surface area contributed by atoms with Gasteiger partial charge in [-0.1, -0.05) is 18.2 Å². The molecule has 0 bridgehead atoms. The van der Waals surface area contributed by atoms with Gasteiger partial charge in [-0.3, -0.25) is 4.79 Å². The molecule has 0 saturated carbocycles. The highest BCUT2D eigenvalue weighted by Crippen LogP contribution is 2.22. The van der Waals surface area contributed by atoms with Crippen LogP contribution in [0, 0.1) is 0 Å². The van der Waals surface area contributed by atoms with Gasteiger partial charge in [0.15, 0.2) is 0 Å². The van der Waals surface area contributed by atoms with Crippen molar-refractivity contribution in [3.63, 3.8) is 0 Å². The number of carbonyl (C=O) groups is 1. The van der Waals surface area contributed by atoms with Gasteiger partial charge in [0.1, 0.15) is 6.04 Å². The third-order valence-corrected chi connectivity index (χ3v) is 3.16. The Bertz CT molecular complexity index is 418. The van der Waals surface area contributed by atoms with E-state index in [1.807, 2.05) is 6.07 Å². The van der Waals surface area contributed by atoms with Crippen molar-refractivity contribution in [3.8, 4) is 0 Å². The Morgan fingerprint density at radius 3 is 2.94 bits per heavy atom. The molecule has 0 spiro atoms. The van der Waals surface area contributed by atoms with E-state index in [-0.39, 0.29) is 12.5 Å². The van der Waals surface area contributed by atoms with E-state index >= 15 is 0 Å². The molecule has 1 aliphatic rings. The summed E-state index contributed by atoms with van der Waals surface area (Å²) in [5.74, 6) is -0.312. The minimum Gasteiger partial charge on any atom is -0.394 e. The second-order valence-corrected chi connectivity index (χ2v) is 4.46. The third kappa shape index (κ3) is 2.84. The smallest absolute Gasteiger partial charge is 0.239 e. The quantitative estimate of drug-likeness (QED) is 0.692. The fourth-order valence-corrected chi connectivity index (χ4v) is 2.14. The molecular formula is C13H18N2O2. The summed E-state index contributed by atoms with van der Waals surface area (Å²) in [6, 6.07) is 5.49. The van der Waals surface area contributed by atoms with Crippen molar-refractivity contribution in [2.75, 3.05) is 6.61 Å². The van der Waals surface area contributed by atoms with Crippen LogP contribution < -0.4 is 11.1 Å². The van der Waals surface area contributed by atoms with Crippen molar-refractivity contribution < 1.29 is 9.90 Å². The molecule has 0 aliphatic heterocycles. The minimum atomic E-state index is -0.829. The highest BCUT2D eigenvalue weighted by Gasteiger charge is 2.13. The van der Waals surface area contributed by atoms with E-state index in [4.69, 9.17) is 10.8 Å². The third-order valence-electron chi connectivity index (χ3n) is 3.16. The number of rotatable bonds is 4. The average Bonchev–Trinajstić information content (AvgIpc) is 2.82. The van der Waals surface area contributed by atoms with Crippen LogP contribution in [0.2, 0.25) is 0 Å². The Hall–Kier alpha value is -1.39. The number of nitrogens with one attached hydrogen (secondary N) is 1. The Morgan fingerprint density at radius 1 is 1.41 bits per heavy atom. The van der Waals surface area contributed by atoms with Crippen LogP contribution >= 0.6 is 0 Å². The number of hydrogen-bond acceptors (Lipinski definition) is 3. The lowest BCUT2D eigenvalue weighted by atomic mass is 10.1. The lowest BCUT2D eigenvalue weighted by molar-refractivity contribution is -0.123. The van der Waals surface area contributed by atoms with Crippen molar-refractivity contribution in [1.82, 2.24) is 5.32 Å². The minimum absolute atomic E-state index is 0.312. The molecule has 4 heteroatoms. The van der Waals surface area contributed by atoms with Crippen LogP contribution in [0.5, 0.6) is 0 Å². The maximum atomic E-state index is 11.4. The molecule has 0 aromatic heterocycles. The fraction of sp³-hybridized carbons (Fsp3) is 0.462. The van der Waals surface area contributed by atoms with E-state index in [1.54, 1.807) is 0 Å². The molecule has 1 amide bonds. The molecule has 2 rings (SSSR count). The summed E-state index contributed by atoms with van der Waals surface area (Å²) < 4.78 is 0. The summed E-state index contributed by atoms with van der Waals surface area (Å²) in [5, 5.41) is 11.5. The van der Waals surface area contributed by atoms with E-state index in [9.17, 15) is 4.79 Å². The molecule has 4 N–H and O–H groups in total. The van der Waals surface area contributed by atoms with E-state index in [0.717, 1.165) is 18.4 Å². The highest BCUT2D eigenvalue weighted by molar-refractivity contribution is 5.81. The predicted molar refractivity (Wildman–Crippen MR) is 65.4 cm³/mol. The normalized spacial score (nSPS) is 15.4. The molecule has 1 aliphatic carbocycles. The van der Waals surface area contributed by atoms with Gasteiger partial charge in [0, 0.05) is 6.54 Å². The van der Waals surface area contributed by atoms with Gasteiger partial charge in [-0.25, -0.2) is 0 Å². The van der Waals surface area contributed by atoms with Gasteiger partial charge >= 0.3 is 0 Å². The topological polar surface area (TPSA) is 75.3 Å². The molecule has 4 nitrogen and oxygen atoms in total.